The van der Waals surface area contributed by atoms with Crippen LogP contribution in [0.25, 0.3) is 0 Å². The molecule has 1 aliphatic heterocycles. The summed E-state index contributed by atoms with van der Waals surface area (Å²) in [5.41, 5.74) is 2.02. The molecule has 1 atom stereocenters. The number of anilines is 1. The van der Waals surface area contributed by atoms with E-state index in [1.807, 2.05) is 4.68 Å². The molecule has 3 heterocycles. The molecule has 0 amide bonds. The van der Waals surface area contributed by atoms with Crippen LogP contribution in [0, 0.1) is 0 Å². The number of nitrogens with one attached hydrogen (secondary N) is 1. The number of fused-ring (bicyclic) bond motifs is 1. The van der Waals surface area contributed by atoms with Gasteiger partial charge in [0.2, 0.25) is 5.95 Å². The third-order valence-corrected chi connectivity index (χ3v) is 4.23. The Morgan fingerprint density at radius 3 is 2.61 bits per heavy atom. The maximum absolute atomic E-state index is 4.62. The van der Waals surface area contributed by atoms with Gasteiger partial charge in [0.25, 0.3) is 0 Å². The number of hydrogen-bond acceptors (Lipinski definition) is 6. The van der Waals surface area contributed by atoms with Gasteiger partial charge in [0.05, 0.1) is 17.9 Å². The molecule has 1 N–H and O–H groups in total. The molecule has 0 spiro atoms. The predicted octanol–water partition coefficient (Wildman–Crippen LogP) is 2.14. The molecule has 0 saturated carbocycles. The molecule has 0 aromatic carbocycles. The fourth-order valence-corrected chi connectivity index (χ4v) is 2.87. The van der Waals surface area contributed by atoms with Gasteiger partial charge in [0.1, 0.15) is 5.82 Å². The molecule has 3 rings (SSSR count). The van der Waals surface area contributed by atoms with E-state index in [-0.39, 0.29) is 6.04 Å². The van der Waals surface area contributed by atoms with Gasteiger partial charge in [-0.2, -0.15) is 10.2 Å². The molecule has 23 heavy (non-hydrogen) atoms. The van der Waals surface area contributed by atoms with Crippen LogP contribution in [0.15, 0.2) is 0 Å². The SMILES string of the molecule is CCc1nnc(NC2CCc3nc(C(C)C)nn3C2)nc1CC. The lowest BCUT2D eigenvalue weighted by Gasteiger charge is -2.23. The molecular formula is C16H25N7. The lowest BCUT2D eigenvalue weighted by atomic mass is 10.1. The van der Waals surface area contributed by atoms with Crippen molar-refractivity contribution in [3.8, 4) is 0 Å². The zero-order chi connectivity index (χ0) is 16.4. The van der Waals surface area contributed by atoms with E-state index in [0.29, 0.717) is 11.9 Å². The summed E-state index contributed by atoms with van der Waals surface area (Å²) in [5.74, 6) is 3.00. The van der Waals surface area contributed by atoms with Gasteiger partial charge >= 0.3 is 0 Å². The van der Waals surface area contributed by atoms with Crippen molar-refractivity contribution >= 4 is 5.95 Å². The van der Waals surface area contributed by atoms with Crippen LogP contribution in [-0.2, 0) is 25.8 Å². The highest BCUT2D eigenvalue weighted by atomic mass is 15.4. The van der Waals surface area contributed by atoms with E-state index < -0.39 is 0 Å². The van der Waals surface area contributed by atoms with Crippen LogP contribution in [0.4, 0.5) is 5.95 Å². The van der Waals surface area contributed by atoms with Crippen LogP contribution < -0.4 is 5.32 Å². The second-order valence-electron chi connectivity index (χ2n) is 6.34. The quantitative estimate of drug-likeness (QED) is 0.910. The van der Waals surface area contributed by atoms with Crippen molar-refractivity contribution in [1.82, 2.24) is 29.9 Å². The second-order valence-corrected chi connectivity index (χ2v) is 6.34. The number of rotatable bonds is 5. The Hall–Kier alpha value is -2.05. The van der Waals surface area contributed by atoms with Crippen LogP contribution in [-0.4, -0.2) is 36.0 Å². The van der Waals surface area contributed by atoms with Gasteiger partial charge in [0.15, 0.2) is 5.82 Å². The average molecular weight is 315 g/mol. The Kier molecular flexibility index (Phi) is 4.54. The summed E-state index contributed by atoms with van der Waals surface area (Å²) >= 11 is 0. The lowest BCUT2D eigenvalue weighted by molar-refractivity contribution is 0.437. The normalized spacial score (nSPS) is 17.3. The first-order valence-corrected chi connectivity index (χ1v) is 8.53. The highest BCUT2D eigenvalue weighted by Gasteiger charge is 2.23. The number of aryl methyl sites for hydroxylation is 3. The van der Waals surface area contributed by atoms with E-state index in [1.165, 1.54) is 0 Å². The zero-order valence-electron chi connectivity index (χ0n) is 14.4. The third-order valence-electron chi connectivity index (χ3n) is 4.23. The van der Waals surface area contributed by atoms with Gasteiger partial charge in [-0.15, -0.1) is 5.10 Å². The Bertz CT molecular complexity index is 677. The summed E-state index contributed by atoms with van der Waals surface area (Å²) in [7, 11) is 0. The fourth-order valence-electron chi connectivity index (χ4n) is 2.87. The minimum atomic E-state index is 0.267. The largest absolute Gasteiger partial charge is 0.348 e. The number of nitrogens with zero attached hydrogens (tertiary/aromatic N) is 6. The third kappa shape index (κ3) is 3.33. The Morgan fingerprint density at radius 1 is 1.13 bits per heavy atom. The van der Waals surface area contributed by atoms with Crippen LogP contribution >= 0.6 is 0 Å². The van der Waals surface area contributed by atoms with E-state index in [1.54, 1.807) is 0 Å². The second kappa shape index (κ2) is 6.60. The standard InChI is InChI=1S/C16H25N7/c1-5-12-13(6-2)20-21-16(18-12)17-11-7-8-14-19-15(10(3)4)22-23(14)9-11/h10-11H,5-9H2,1-4H3,(H,17,18,21). The first-order valence-electron chi connectivity index (χ1n) is 8.53. The summed E-state index contributed by atoms with van der Waals surface area (Å²) in [6, 6.07) is 0.267. The van der Waals surface area contributed by atoms with E-state index in [0.717, 1.165) is 55.3 Å². The van der Waals surface area contributed by atoms with E-state index in [2.05, 4.69) is 58.3 Å². The van der Waals surface area contributed by atoms with Crippen LogP contribution in [0.2, 0.25) is 0 Å². The first-order chi connectivity index (χ1) is 11.1. The Balaban J connectivity index is 1.72. The molecule has 7 heteroatoms. The van der Waals surface area contributed by atoms with Crippen molar-refractivity contribution in [3.63, 3.8) is 0 Å². The summed E-state index contributed by atoms with van der Waals surface area (Å²) in [6.07, 6.45) is 3.69. The molecule has 0 saturated heterocycles. The van der Waals surface area contributed by atoms with Crippen molar-refractivity contribution in [2.24, 2.45) is 0 Å². The zero-order valence-corrected chi connectivity index (χ0v) is 14.4. The van der Waals surface area contributed by atoms with Gasteiger partial charge in [-0.1, -0.05) is 27.7 Å². The molecule has 124 valence electrons. The average Bonchev–Trinajstić information content (AvgIpc) is 2.98. The molecule has 0 bridgehead atoms. The highest BCUT2D eigenvalue weighted by molar-refractivity contribution is 5.27. The molecule has 7 nitrogen and oxygen atoms in total. The molecular weight excluding hydrogens is 290 g/mol. The van der Waals surface area contributed by atoms with Crippen molar-refractivity contribution < 1.29 is 0 Å². The summed E-state index contributed by atoms with van der Waals surface area (Å²) in [6.45, 7) is 9.23. The molecule has 0 aliphatic carbocycles. The summed E-state index contributed by atoms with van der Waals surface area (Å²) in [5, 5.41) is 16.5. The van der Waals surface area contributed by atoms with Crippen LogP contribution in [0.1, 0.15) is 63.1 Å². The van der Waals surface area contributed by atoms with Crippen molar-refractivity contribution in [3.05, 3.63) is 23.0 Å². The topological polar surface area (TPSA) is 81.4 Å². The van der Waals surface area contributed by atoms with Gasteiger partial charge < -0.3 is 5.32 Å². The number of hydrogen-bond donors (Lipinski definition) is 1. The van der Waals surface area contributed by atoms with Crippen LogP contribution in [0.3, 0.4) is 0 Å². The summed E-state index contributed by atoms with van der Waals surface area (Å²) in [4.78, 5) is 9.24. The molecule has 1 unspecified atom stereocenters. The van der Waals surface area contributed by atoms with E-state index in [9.17, 15) is 0 Å². The van der Waals surface area contributed by atoms with E-state index >= 15 is 0 Å². The van der Waals surface area contributed by atoms with Gasteiger partial charge in [-0.3, -0.25) is 0 Å². The smallest absolute Gasteiger partial charge is 0.243 e. The van der Waals surface area contributed by atoms with Gasteiger partial charge in [0, 0.05) is 18.4 Å². The first kappa shape index (κ1) is 15.8. The monoisotopic (exact) mass is 315 g/mol. The predicted molar refractivity (Wildman–Crippen MR) is 88.4 cm³/mol. The van der Waals surface area contributed by atoms with Crippen molar-refractivity contribution in [2.45, 2.75) is 71.9 Å². The molecule has 1 aliphatic rings. The van der Waals surface area contributed by atoms with Gasteiger partial charge in [-0.05, 0) is 19.3 Å². The molecule has 0 radical (unpaired) electrons. The number of aromatic nitrogens is 6. The maximum Gasteiger partial charge on any atom is 0.243 e. The Labute approximate surface area is 137 Å². The highest BCUT2D eigenvalue weighted by Crippen LogP contribution is 2.19. The van der Waals surface area contributed by atoms with E-state index in [4.69, 9.17) is 0 Å². The summed E-state index contributed by atoms with van der Waals surface area (Å²) < 4.78 is 2.02. The van der Waals surface area contributed by atoms with Crippen molar-refractivity contribution in [2.75, 3.05) is 5.32 Å². The minimum absolute atomic E-state index is 0.267. The van der Waals surface area contributed by atoms with Gasteiger partial charge in [-0.25, -0.2) is 14.6 Å². The molecule has 2 aromatic heterocycles. The fraction of sp³-hybridized carbons (Fsp3) is 0.688. The van der Waals surface area contributed by atoms with Crippen molar-refractivity contribution in [1.29, 1.82) is 0 Å². The minimum Gasteiger partial charge on any atom is -0.348 e. The lowest BCUT2D eigenvalue weighted by Crippen LogP contribution is -2.33. The molecule has 2 aromatic rings. The maximum atomic E-state index is 4.62. The molecule has 0 fully saturated rings. The van der Waals surface area contributed by atoms with Crippen LogP contribution in [0.5, 0.6) is 0 Å². The Morgan fingerprint density at radius 2 is 1.91 bits per heavy atom.